The zero-order valence-electron chi connectivity index (χ0n) is 17.8. The number of rotatable bonds is 5. The summed E-state index contributed by atoms with van der Waals surface area (Å²) < 4.78 is 0. The highest BCUT2D eigenvalue weighted by molar-refractivity contribution is 6.30. The van der Waals surface area contributed by atoms with Crippen LogP contribution in [0.4, 0.5) is 17.3 Å². The Hall–Kier alpha value is -3.42. The summed E-state index contributed by atoms with van der Waals surface area (Å²) in [5.41, 5.74) is 5.59. The Morgan fingerprint density at radius 3 is 2.59 bits per heavy atom. The molecule has 0 bridgehead atoms. The first kappa shape index (κ1) is 20.5. The molecule has 0 amide bonds. The average molecular weight is 446 g/mol. The van der Waals surface area contributed by atoms with Crippen molar-refractivity contribution < 1.29 is 0 Å². The fourth-order valence-electron chi connectivity index (χ4n) is 3.86. The van der Waals surface area contributed by atoms with Gasteiger partial charge in [-0.2, -0.15) is 5.10 Å². The molecule has 2 aromatic carbocycles. The van der Waals surface area contributed by atoms with E-state index in [2.05, 4.69) is 61.6 Å². The Balaban J connectivity index is 1.34. The second-order valence-corrected chi connectivity index (χ2v) is 8.32. The molecule has 7 nitrogen and oxygen atoms in total. The Morgan fingerprint density at radius 2 is 1.81 bits per heavy atom. The topological polar surface area (TPSA) is 73.0 Å². The second kappa shape index (κ2) is 8.98. The van der Waals surface area contributed by atoms with Crippen molar-refractivity contribution in [1.82, 2.24) is 25.1 Å². The van der Waals surface area contributed by atoms with Crippen molar-refractivity contribution in [3.05, 3.63) is 72.0 Å². The highest BCUT2D eigenvalue weighted by atomic mass is 35.5. The summed E-state index contributed by atoms with van der Waals surface area (Å²) in [7, 11) is 2.17. The third kappa shape index (κ3) is 4.44. The number of benzene rings is 2. The molecule has 2 N–H and O–H groups in total. The van der Waals surface area contributed by atoms with Gasteiger partial charge in [-0.05, 0) is 49.5 Å². The molecule has 1 saturated heterocycles. The van der Waals surface area contributed by atoms with E-state index in [-0.39, 0.29) is 0 Å². The van der Waals surface area contributed by atoms with Crippen LogP contribution in [0.5, 0.6) is 0 Å². The predicted molar refractivity (Wildman–Crippen MR) is 129 cm³/mol. The average Bonchev–Trinajstić information content (AvgIpc) is 3.31. The van der Waals surface area contributed by atoms with Crippen LogP contribution < -0.4 is 10.2 Å². The van der Waals surface area contributed by atoms with Crippen LogP contribution in [0.25, 0.3) is 22.5 Å². The predicted octanol–water partition coefficient (Wildman–Crippen LogP) is 4.68. The zero-order chi connectivity index (χ0) is 21.9. The Kier molecular flexibility index (Phi) is 5.75. The molecule has 4 aromatic rings. The van der Waals surface area contributed by atoms with E-state index in [1.165, 1.54) is 5.69 Å². The van der Waals surface area contributed by atoms with Crippen molar-refractivity contribution in [1.29, 1.82) is 0 Å². The lowest BCUT2D eigenvalue weighted by atomic mass is 10.1. The van der Waals surface area contributed by atoms with Gasteiger partial charge in [-0.25, -0.2) is 9.97 Å². The molecule has 2 aromatic heterocycles. The molecule has 3 heterocycles. The SMILES string of the molecule is CN1CCN(c2ccc(Nc3nccc(-c4c[nH]nc4-c4cccc(Cl)c4)n3)cc2)CC1. The largest absolute Gasteiger partial charge is 0.369 e. The van der Waals surface area contributed by atoms with E-state index in [0.29, 0.717) is 11.0 Å². The minimum Gasteiger partial charge on any atom is -0.369 e. The number of halogens is 1. The molecule has 5 rings (SSSR count). The summed E-state index contributed by atoms with van der Waals surface area (Å²) >= 11 is 6.16. The molecular formula is C24H24ClN7. The fourth-order valence-corrected chi connectivity index (χ4v) is 4.05. The maximum absolute atomic E-state index is 6.16. The van der Waals surface area contributed by atoms with E-state index in [0.717, 1.165) is 54.4 Å². The van der Waals surface area contributed by atoms with Gasteiger partial charge in [0.1, 0.15) is 5.69 Å². The zero-order valence-corrected chi connectivity index (χ0v) is 18.5. The number of nitrogens with one attached hydrogen (secondary N) is 2. The van der Waals surface area contributed by atoms with Gasteiger partial charge in [0.2, 0.25) is 5.95 Å². The summed E-state index contributed by atoms with van der Waals surface area (Å²) in [6.07, 6.45) is 3.59. The first-order valence-electron chi connectivity index (χ1n) is 10.6. The van der Waals surface area contributed by atoms with Crippen molar-refractivity contribution in [3.63, 3.8) is 0 Å². The van der Waals surface area contributed by atoms with Crippen LogP contribution in [0.3, 0.4) is 0 Å². The number of likely N-dealkylation sites (N-methyl/N-ethyl adjacent to an activating group) is 1. The van der Waals surface area contributed by atoms with Gasteiger partial charge >= 0.3 is 0 Å². The molecule has 0 aliphatic carbocycles. The lowest BCUT2D eigenvalue weighted by molar-refractivity contribution is 0.313. The van der Waals surface area contributed by atoms with Crippen molar-refractivity contribution in [2.45, 2.75) is 0 Å². The number of anilines is 3. The molecule has 162 valence electrons. The van der Waals surface area contributed by atoms with Gasteiger partial charge in [0.25, 0.3) is 0 Å². The summed E-state index contributed by atoms with van der Waals surface area (Å²) in [5, 5.41) is 11.3. The van der Waals surface area contributed by atoms with E-state index >= 15 is 0 Å². The monoisotopic (exact) mass is 445 g/mol. The van der Waals surface area contributed by atoms with Gasteiger partial charge < -0.3 is 15.1 Å². The van der Waals surface area contributed by atoms with Crippen LogP contribution in [0, 0.1) is 0 Å². The Labute approximate surface area is 192 Å². The number of piperazine rings is 1. The van der Waals surface area contributed by atoms with E-state index < -0.39 is 0 Å². The molecule has 0 unspecified atom stereocenters. The van der Waals surface area contributed by atoms with Gasteiger partial charge in [0, 0.05) is 66.1 Å². The van der Waals surface area contributed by atoms with Crippen molar-refractivity contribution in [3.8, 4) is 22.5 Å². The van der Waals surface area contributed by atoms with Crippen LogP contribution in [0.15, 0.2) is 67.0 Å². The highest BCUT2D eigenvalue weighted by Gasteiger charge is 2.15. The molecule has 0 atom stereocenters. The molecule has 8 heteroatoms. The van der Waals surface area contributed by atoms with Crippen molar-refractivity contribution in [2.24, 2.45) is 0 Å². The summed E-state index contributed by atoms with van der Waals surface area (Å²) in [6.45, 7) is 4.28. The molecule has 32 heavy (non-hydrogen) atoms. The third-order valence-corrected chi connectivity index (χ3v) is 5.90. The van der Waals surface area contributed by atoms with Crippen LogP contribution in [-0.4, -0.2) is 58.3 Å². The first-order valence-corrected chi connectivity index (χ1v) is 11.0. The number of H-pyrrole nitrogens is 1. The van der Waals surface area contributed by atoms with Gasteiger partial charge in [0.05, 0.1) is 5.69 Å². The number of hydrogen-bond acceptors (Lipinski definition) is 6. The van der Waals surface area contributed by atoms with E-state index in [1.54, 1.807) is 6.20 Å². The van der Waals surface area contributed by atoms with E-state index in [4.69, 9.17) is 16.6 Å². The number of nitrogens with zero attached hydrogens (tertiary/aromatic N) is 5. The highest BCUT2D eigenvalue weighted by Crippen LogP contribution is 2.31. The molecule has 1 aliphatic heterocycles. The number of aromatic amines is 1. The molecule has 0 spiro atoms. The molecule has 0 saturated carbocycles. The summed E-state index contributed by atoms with van der Waals surface area (Å²) in [4.78, 5) is 13.9. The fraction of sp³-hybridized carbons (Fsp3) is 0.208. The lowest BCUT2D eigenvalue weighted by Crippen LogP contribution is -2.44. The molecule has 1 fully saturated rings. The van der Waals surface area contributed by atoms with Gasteiger partial charge in [0.15, 0.2) is 0 Å². The third-order valence-electron chi connectivity index (χ3n) is 5.66. The van der Waals surface area contributed by atoms with E-state index in [1.807, 2.05) is 36.5 Å². The quantitative estimate of drug-likeness (QED) is 0.464. The Bertz CT molecular complexity index is 1200. The van der Waals surface area contributed by atoms with Crippen molar-refractivity contribution >= 4 is 28.9 Å². The van der Waals surface area contributed by atoms with E-state index in [9.17, 15) is 0 Å². The summed E-state index contributed by atoms with van der Waals surface area (Å²) in [5.74, 6) is 0.535. The maximum Gasteiger partial charge on any atom is 0.227 e. The maximum atomic E-state index is 6.16. The van der Waals surface area contributed by atoms with Gasteiger partial charge in [-0.3, -0.25) is 5.10 Å². The van der Waals surface area contributed by atoms with Crippen molar-refractivity contribution in [2.75, 3.05) is 43.4 Å². The van der Waals surface area contributed by atoms with Gasteiger partial charge in [-0.15, -0.1) is 0 Å². The van der Waals surface area contributed by atoms with Crippen LogP contribution in [-0.2, 0) is 0 Å². The standard InChI is InChI=1S/C24H24ClN7/c1-31-11-13-32(14-12-31)20-7-5-19(6-8-20)28-24-26-10-9-22(29-24)21-16-27-30-23(21)17-3-2-4-18(25)15-17/h2-10,15-16H,11-14H2,1H3,(H,27,30)(H,26,28,29). The first-order chi connectivity index (χ1) is 15.7. The smallest absolute Gasteiger partial charge is 0.227 e. The number of hydrogen-bond donors (Lipinski definition) is 2. The number of aromatic nitrogens is 4. The minimum atomic E-state index is 0.535. The minimum absolute atomic E-state index is 0.535. The van der Waals surface area contributed by atoms with Crippen LogP contribution >= 0.6 is 11.6 Å². The normalized spacial score (nSPS) is 14.5. The Morgan fingerprint density at radius 1 is 1.00 bits per heavy atom. The van der Waals surface area contributed by atoms with Gasteiger partial charge in [-0.1, -0.05) is 23.7 Å². The molecule has 0 radical (unpaired) electrons. The van der Waals surface area contributed by atoms with Crippen LogP contribution in [0.2, 0.25) is 5.02 Å². The second-order valence-electron chi connectivity index (χ2n) is 7.89. The lowest BCUT2D eigenvalue weighted by Gasteiger charge is -2.34. The summed E-state index contributed by atoms with van der Waals surface area (Å²) in [6, 6.07) is 17.9. The van der Waals surface area contributed by atoms with Crippen LogP contribution in [0.1, 0.15) is 0 Å². The molecule has 1 aliphatic rings. The molecular weight excluding hydrogens is 422 g/mol.